The molecule has 3 heterocycles. The summed E-state index contributed by atoms with van der Waals surface area (Å²) < 4.78 is 1.59. The van der Waals surface area contributed by atoms with Crippen molar-refractivity contribution in [3.63, 3.8) is 0 Å². The molecule has 130 valence electrons. The van der Waals surface area contributed by atoms with E-state index in [1.54, 1.807) is 41.4 Å². The molecule has 3 rings (SSSR count). The minimum absolute atomic E-state index is 0.0556. The number of carbonyl (C=O) groups excluding carboxylic acids is 2. The Morgan fingerprint density at radius 1 is 1.36 bits per heavy atom. The highest BCUT2D eigenvalue weighted by Gasteiger charge is 2.17. The maximum Gasteiger partial charge on any atom is 0.250 e. The Bertz CT molecular complexity index is 869. The molecule has 7 nitrogen and oxygen atoms in total. The predicted octanol–water partition coefficient (Wildman–Crippen LogP) is 2.90. The highest BCUT2D eigenvalue weighted by atomic mass is 32.1. The van der Waals surface area contributed by atoms with Crippen molar-refractivity contribution in [1.29, 1.82) is 0 Å². The molecule has 3 aromatic rings. The summed E-state index contributed by atoms with van der Waals surface area (Å²) in [6, 6.07) is 5.30. The maximum absolute atomic E-state index is 12.3. The summed E-state index contributed by atoms with van der Waals surface area (Å²) in [5, 5.41) is 12.1. The van der Waals surface area contributed by atoms with Crippen LogP contribution in [0.4, 0.5) is 5.13 Å². The molecule has 0 fully saturated rings. The number of thiazole rings is 1. The van der Waals surface area contributed by atoms with Gasteiger partial charge in [-0.25, -0.2) is 4.98 Å². The van der Waals surface area contributed by atoms with Gasteiger partial charge in [0, 0.05) is 29.6 Å². The highest BCUT2D eigenvalue weighted by Crippen LogP contribution is 2.31. The standard InChI is InChI=1S/C16H17N5O2S2/c1-10(21-7-3-6-18-21)15(23)20-16-19-13(9-24-16)14-5-4-12(25-14)8-17-11(2)22/h3-7,9-10H,8H2,1-2H3,(H,17,22)(H,19,20,23). The molecule has 3 aromatic heterocycles. The second-order valence-corrected chi connectivity index (χ2v) is 7.39. The van der Waals surface area contributed by atoms with Crippen LogP contribution in [0.25, 0.3) is 10.6 Å². The van der Waals surface area contributed by atoms with Crippen LogP contribution in [0, 0.1) is 0 Å². The van der Waals surface area contributed by atoms with E-state index in [4.69, 9.17) is 0 Å². The van der Waals surface area contributed by atoms with Crippen LogP contribution in [0.3, 0.4) is 0 Å². The summed E-state index contributed by atoms with van der Waals surface area (Å²) in [6.45, 7) is 3.79. The number of rotatable bonds is 6. The fourth-order valence-corrected chi connectivity index (χ4v) is 3.80. The summed E-state index contributed by atoms with van der Waals surface area (Å²) in [5.41, 5.74) is 0.811. The Kier molecular flexibility index (Phi) is 5.25. The van der Waals surface area contributed by atoms with Crippen LogP contribution < -0.4 is 10.6 Å². The summed E-state index contributed by atoms with van der Waals surface area (Å²) in [5.74, 6) is -0.220. The molecular weight excluding hydrogens is 358 g/mol. The van der Waals surface area contributed by atoms with Gasteiger partial charge in [-0.3, -0.25) is 14.3 Å². The number of nitrogens with one attached hydrogen (secondary N) is 2. The number of thiophene rings is 1. The number of hydrogen-bond donors (Lipinski definition) is 2. The Balaban J connectivity index is 1.64. The molecule has 25 heavy (non-hydrogen) atoms. The summed E-state index contributed by atoms with van der Waals surface area (Å²) in [4.78, 5) is 29.8. The molecule has 1 unspecified atom stereocenters. The van der Waals surface area contributed by atoms with Crippen LogP contribution >= 0.6 is 22.7 Å². The normalized spacial score (nSPS) is 11.9. The maximum atomic E-state index is 12.3. The highest BCUT2D eigenvalue weighted by molar-refractivity contribution is 7.17. The first-order valence-electron chi connectivity index (χ1n) is 7.62. The first-order valence-corrected chi connectivity index (χ1v) is 9.31. The molecule has 0 aliphatic heterocycles. The van der Waals surface area contributed by atoms with Gasteiger partial charge in [0.2, 0.25) is 5.91 Å². The lowest BCUT2D eigenvalue weighted by atomic mass is 10.3. The van der Waals surface area contributed by atoms with E-state index >= 15 is 0 Å². The summed E-state index contributed by atoms with van der Waals surface area (Å²) in [6.07, 6.45) is 3.39. The van der Waals surface area contributed by atoms with Crippen LogP contribution in [-0.4, -0.2) is 26.6 Å². The number of aromatic nitrogens is 3. The topological polar surface area (TPSA) is 88.9 Å². The molecule has 0 saturated heterocycles. The summed E-state index contributed by atoms with van der Waals surface area (Å²) >= 11 is 2.95. The van der Waals surface area contributed by atoms with Gasteiger partial charge in [0.1, 0.15) is 6.04 Å². The van der Waals surface area contributed by atoms with Crippen molar-refractivity contribution in [2.24, 2.45) is 0 Å². The van der Waals surface area contributed by atoms with Crippen LogP contribution in [0.2, 0.25) is 0 Å². The lowest BCUT2D eigenvalue weighted by Gasteiger charge is -2.10. The molecule has 2 amide bonds. The van der Waals surface area contributed by atoms with Crippen molar-refractivity contribution >= 4 is 39.6 Å². The van der Waals surface area contributed by atoms with E-state index in [0.717, 1.165) is 15.4 Å². The van der Waals surface area contributed by atoms with Gasteiger partial charge in [0.05, 0.1) is 17.1 Å². The van der Waals surface area contributed by atoms with E-state index in [9.17, 15) is 9.59 Å². The zero-order valence-corrected chi connectivity index (χ0v) is 15.4. The first-order chi connectivity index (χ1) is 12.0. The molecule has 0 bridgehead atoms. The van der Waals surface area contributed by atoms with Crippen LogP contribution in [-0.2, 0) is 16.1 Å². The fraction of sp³-hybridized carbons (Fsp3) is 0.250. The second kappa shape index (κ2) is 7.58. The van der Waals surface area contributed by atoms with Crippen LogP contribution in [0.1, 0.15) is 24.8 Å². The molecular formula is C16H17N5O2S2. The van der Waals surface area contributed by atoms with Crippen LogP contribution in [0.15, 0.2) is 36.0 Å². The molecule has 0 radical (unpaired) electrons. The van der Waals surface area contributed by atoms with Gasteiger partial charge >= 0.3 is 0 Å². The largest absolute Gasteiger partial charge is 0.351 e. The van der Waals surface area contributed by atoms with Crippen molar-refractivity contribution in [2.45, 2.75) is 26.4 Å². The van der Waals surface area contributed by atoms with E-state index in [1.165, 1.54) is 18.3 Å². The second-order valence-electron chi connectivity index (χ2n) is 5.36. The van der Waals surface area contributed by atoms with Gasteiger partial charge in [0.25, 0.3) is 5.91 Å². The third-order valence-corrected chi connectivity index (χ3v) is 5.33. The Hall–Kier alpha value is -2.52. The third kappa shape index (κ3) is 4.31. The molecule has 0 aliphatic rings. The molecule has 0 saturated carbocycles. The Morgan fingerprint density at radius 3 is 2.92 bits per heavy atom. The number of amides is 2. The number of nitrogens with zero attached hydrogens (tertiary/aromatic N) is 3. The van der Waals surface area contributed by atoms with E-state index in [0.29, 0.717) is 11.7 Å². The Morgan fingerprint density at radius 2 is 2.20 bits per heavy atom. The molecule has 0 spiro atoms. The monoisotopic (exact) mass is 375 g/mol. The number of hydrogen-bond acceptors (Lipinski definition) is 6. The van der Waals surface area contributed by atoms with Gasteiger partial charge < -0.3 is 10.6 Å². The van der Waals surface area contributed by atoms with Crippen molar-refractivity contribution in [3.8, 4) is 10.6 Å². The number of anilines is 1. The first kappa shape index (κ1) is 17.3. The van der Waals surface area contributed by atoms with Gasteiger partial charge in [-0.05, 0) is 25.1 Å². The van der Waals surface area contributed by atoms with Crippen molar-refractivity contribution in [2.75, 3.05) is 5.32 Å². The van der Waals surface area contributed by atoms with Gasteiger partial charge in [-0.15, -0.1) is 22.7 Å². The average Bonchev–Trinajstić information content (AvgIpc) is 3.32. The smallest absolute Gasteiger partial charge is 0.250 e. The predicted molar refractivity (Wildman–Crippen MR) is 98.5 cm³/mol. The van der Waals surface area contributed by atoms with Crippen LogP contribution in [0.5, 0.6) is 0 Å². The van der Waals surface area contributed by atoms with Gasteiger partial charge in [0.15, 0.2) is 5.13 Å². The zero-order valence-electron chi connectivity index (χ0n) is 13.7. The van der Waals surface area contributed by atoms with E-state index in [-0.39, 0.29) is 11.8 Å². The minimum Gasteiger partial charge on any atom is -0.351 e. The fourth-order valence-electron chi connectivity index (χ4n) is 2.11. The molecule has 0 aromatic carbocycles. The zero-order chi connectivity index (χ0) is 17.8. The Labute approximate surface area is 152 Å². The lowest BCUT2D eigenvalue weighted by Crippen LogP contribution is -2.23. The lowest BCUT2D eigenvalue weighted by molar-refractivity contribution is -0.119. The summed E-state index contributed by atoms with van der Waals surface area (Å²) in [7, 11) is 0. The van der Waals surface area contributed by atoms with E-state index in [1.807, 2.05) is 17.5 Å². The molecule has 2 N–H and O–H groups in total. The van der Waals surface area contributed by atoms with Crippen molar-refractivity contribution < 1.29 is 9.59 Å². The van der Waals surface area contributed by atoms with E-state index < -0.39 is 6.04 Å². The SMILES string of the molecule is CC(=O)NCc1ccc(-c2csc(NC(=O)C(C)n3cccn3)n2)s1. The third-order valence-electron chi connectivity index (χ3n) is 3.46. The quantitative estimate of drug-likeness (QED) is 0.693. The van der Waals surface area contributed by atoms with E-state index in [2.05, 4.69) is 20.7 Å². The van der Waals surface area contributed by atoms with Crippen molar-refractivity contribution in [3.05, 3.63) is 40.8 Å². The minimum atomic E-state index is -0.409. The van der Waals surface area contributed by atoms with Gasteiger partial charge in [-0.1, -0.05) is 0 Å². The average molecular weight is 375 g/mol. The molecule has 0 aliphatic carbocycles. The van der Waals surface area contributed by atoms with Crippen molar-refractivity contribution in [1.82, 2.24) is 20.1 Å². The molecule has 9 heteroatoms. The number of carbonyl (C=O) groups is 2. The molecule has 1 atom stereocenters. The van der Waals surface area contributed by atoms with Gasteiger partial charge in [-0.2, -0.15) is 5.10 Å².